The highest BCUT2D eigenvalue weighted by atomic mass is 35.5. The van der Waals surface area contributed by atoms with Crippen molar-refractivity contribution in [3.05, 3.63) is 82.8 Å². The van der Waals surface area contributed by atoms with Crippen molar-refractivity contribution in [2.45, 2.75) is 31.3 Å². The van der Waals surface area contributed by atoms with Crippen LogP contribution in [0.15, 0.2) is 49.2 Å². The molecule has 161 valence electrons. The van der Waals surface area contributed by atoms with Crippen molar-refractivity contribution in [3.8, 4) is 0 Å². The molecule has 1 aliphatic carbocycles. The van der Waals surface area contributed by atoms with Gasteiger partial charge in [0.25, 0.3) is 0 Å². The Kier molecular flexibility index (Phi) is 6.27. The Labute approximate surface area is 189 Å². The summed E-state index contributed by atoms with van der Waals surface area (Å²) in [5, 5.41) is 13.7. The fourth-order valence-electron chi connectivity index (χ4n) is 3.70. The van der Waals surface area contributed by atoms with Gasteiger partial charge in [-0.15, -0.1) is 0 Å². The van der Waals surface area contributed by atoms with Crippen LogP contribution in [0.5, 0.6) is 0 Å². The largest absolute Gasteiger partial charge is 0.390 e. The van der Waals surface area contributed by atoms with Gasteiger partial charge >= 0.3 is 0 Å². The standard InChI is InChI=1S/C22H20Cl2FN4O2/c1-12-6-18(19(25)20(12)30)28-22-15(8-26-11-27-22)21(31)14-4-5-29(10-14)9-13-2-3-16(23)17(24)7-13/h2-5,7-8,10-12,18-20,30H,1,6,9H2,(H,26,27,28)/t12-,18-,19-,20-/m1/s1. The molecule has 0 aliphatic heterocycles. The molecule has 0 spiro atoms. The normalized spacial score (nSPS) is 23.1. The van der Waals surface area contributed by atoms with Crippen LogP contribution >= 0.6 is 23.2 Å². The molecule has 3 aromatic rings. The predicted molar refractivity (Wildman–Crippen MR) is 117 cm³/mol. The number of aromatic nitrogens is 3. The van der Waals surface area contributed by atoms with Gasteiger partial charge in [-0.3, -0.25) is 4.79 Å². The maximum atomic E-state index is 14.3. The first-order chi connectivity index (χ1) is 14.8. The van der Waals surface area contributed by atoms with Crippen molar-refractivity contribution >= 4 is 34.8 Å². The van der Waals surface area contributed by atoms with Gasteiger partial charge in [0.15, 0.2) is 5.78 Å². The molecule has 2 aromatic heterocycles. The minimum absolute atomic E-state index is 0.226. The number of aliphatic hydroxyl groups excluding tert-OH is 1. The molecule has 2 heterocycles. The molecule has 0 bridgehead atoms. The minimum Gasteiger partial charge on any atom is -0.390 e. The van der Waals surface area contributed by atoms with E-state index in [2.05, 4.69) is 22.2 Å². The molecule has 1 saturated carbocycles. The third kappa shape index (κ3) is 4.59. The van der Waals surface area contributed by atoms with Crippen LogP contribution in [-0.4, -0.2) is 43.7 Å². The second-order valence-corrected chi connectivity index (χ2v) is 8.43. The van der Waals surface area contributed by atoms with Crippen LogP contribution < -0.4 is 5.32 Å². The molecule has 4 atom stereocenters. The van der Waals surface area contributed by atoms with E-state index in [-0.39, 0.29) is 17.2 Å². The van der Waals surface area contributed by atoms with Crippen molar-refractivity contribution in [2.75, 3.05) is 5.32 Å². The van der Waals surface area contributed by atoms with Crippen molar-refractivity contribution in [1.82, 2.24) is 14.5 Å². The van der Waals surface area contributed by atoms with Gasteiger partial charge in [0.1, 0.15) is 18.3 Å². The quantitative estimate of drug-likeness (QED) is 0.537. The minimum atomic E-state index is -1.49. The van der Waals surface area contributed by atoms with Crippen molar-refractivity contribution in [1.29, 1.82) is 0 Å². The lowest BCUT2D eigenvalue weighted by atomic mass is 10.1. The summed E-state index contributed by atoms with van der Waals surface area (Å²) in [6, 6.07) is 6.38. The van der Waals surface area contributed by atoms with E-state index in [9.17, 15) is 14.3 Å². The van der Waals surface area contributed by atoms with E-state index < -0.39 is 24.2 Å². The number of benzene rings is 1. The van der Waals surface area contributed by atoms with E-state index in [0.29, 0.717) is 28.6 Å². The average molecular weight is 462 g/mol. The molecule has 6 nitrogen and oxygen atoms in total. The van der Waals surface area contributed by atoms with E-state index >= 15 is 0 Å². The Hall–Kier alpha value is -2.48. The van der Waals surface area contributed by atoms with E-state index in [1.807, 2.05) is 10.6 Å². The number of ketones is 1. The lowest BCUT2D eigenvalue weighted by molar-refractivity contribution is 0.0793. The van der Waals surface area contributed by atoms with Gasteiger partial charge in [-0.2, -0.15) is 0 Å². The third-order valence-electron chi connectivity index (χ3n) is 5.39. The van der Waals surface area contributed by atoms with Crippen LogP contribution in [0.1, 0.15) is 27.9 Å². The molecule has 0 amide bonds. The number of carbonyl (C=O) groups is 1. The lowest BCUT2D eigenvalue weighted by Crippen LogP contribution is -2.32. The maximum Gasteiger partial charge on any atom is 0.199 e. The van der Waals surface area contributed by atoms with Gasteiger partial charge < -0.3 is 15.0 Å². The van der Waals surface area contributed by atoms with E-state index in [1.54, 1.807) is 30.6 Å². The third-order valence-corrected chi connectivity index (χ3v) is 6.13. The smallest absolute Gasteiger partial charge is 0.199 e. The summed E-state index contributed by atoms with van der Waals surface area (Å²) in [7, 11) is 0. The van der Waals surface area contributed by atoms with Crippen LogP contribution in [0.4, 0.5) is 10.2 Å². The summed E-state index contributed by atoms with van der Waals surface area (Å²) < 4.78 is 16.2. The Balaban J connectivity index is 1.52. The summed E-state index contributed by atoms with van der Waals surface area (Å²) in [6.07, 6.45) is 3.88. The SMILES string of the molecule is [CH2][C@@H]1C[C@@H](Nc2ncncc2C(=O)c2ccn(Cc3ccc(Cl)c(Cl)c3)c2)[C@@H](F)[C@@H]1O. The number of rotatable bonds is 6. The first kappa shape index (κ1) is 21.7. The molecule has 1 fully saturated rings. The van der Waals surface area contributed by atoms with Crippen LogP contribution in [0.3, 0.4) is 0 Å². The van der Waals surface area contributed by atoms with Gasteiger partial charge in [0.2, 0.25) is 0 Å². The number of nitrogens with zero attached hydrogens (tertiary/aromatic N) is 3. The van der Waals surface area contributed by atoms with Gasteiger partial charge in [-0.1, -0.05) is 29.3 Å². The highest BCUT2D eigenvalue weighted by Gasteiger charge is 2.41. The lowest BCUT2D eigenvalue weighted by Gasteiger charge is -2.18. The first-order valence-electron chi connectivity index (χ1n) is 9.69. The van der Waals surface area contributed by atoms with Gasteiger partial charge in [-0.25, -0.2) is 14.4 Å². The van der Waals surface area contributed by atoms with Crippen LogP contribution in [0, 0.1) is 12.8 Å². The summed E-state index contributed by atoms with van der Waals surface area (Å²) >= 11 is 12.0. The molecule has 31 heavy (non-hydrogen) atoms. The molecule has 4 rings (SSSR count). The molecule has 2 N–H and O–H groups in total. The van der Waals surface area contributed by atoms with Gasteiger partial charge in [-0.05, 0) is 43.0 Å². The number of halogens is 3. The zero-order chi connectivity index (χ0) is 22.1. The summed E-state index contributed by atoms with van der Waals surface area (Å²) in [5.74, 6) is -0.494. The first-order valence-corrected chi connectivity index (χ1v) is 10.4. The molecular weight excluding hydrogens is 442 g/mol. The maximum absolute atomic E-state index is 14.3. The van der Waals surface area contributed by atoms with Gasteiger partial charge in [0.05, 0.1) is 27.8 Å². The van der Waals surface area contributed by atoms with Crippen LogP contribution in [0.2, 0.25) is 10.0 Å². The highest BCUT2D eigenvalue weighted by molar-refractivity contribution is 6.42. The number of alkyl halides is 1. The monoisotopic (exact) mass is 461 g/mol. The number of nitrogens with one attached hydrogen (secondary N) is 1. The Bertz CT molecular complexity index is 1110. The molecule has 1 radical (unpaired) electrons. The van der Waals surface area contributed by atoms with Gasteiger partial charge in [0, 0.05) is 30.7 Å². The number of anilines is 1. The van der Waals surface area contributed by atoms with E-state index in [1.165, 1.54) is 12.5 Å². The number of aliphatic hydroxyl groups is 1. The molecule has 0 saturated heterocycles. The zero-order valence-corrected chi connectivity index (χ0v) is 17.9. The van der Waals surface area contributed by atoms with Crippen LogP contribution in [-0.2, 0) is 6.54 Å². The predicted octanol–water partition coefficient (Wildman–Crippen LogP) is 4.20. The summed E-state index contributed by atoms with van der Waals surface area (Å²) in [4.78, 5) is 21.2. The topological polar surface area (TPSA) is 80.0 Å². The van der Waals surface area contributed by atoms with Crippen molar-refractivity contribution in [3.63, 3.8) is 0 Å². The average Bonchev–Trinajstić information content (AvgIpc) is 3.31. The zero-order valence-electron chi connectivity index (χ0n) is 16.4. The molecular formula is C22H20Cl2FN4O2. The molecule has 1 aliphatic rings. The number of carbonyl (C=O) groups excluding carboxylic acids is 1. The second-order valence-electron chi connectivity index (χ2n) is 7.62. The second kappa shape index (κ2) is 8.94. The molecule has 1 aromatic carbocycles. The highest BCUT2D eigenvalue weighted by Crippen LogP contribution is 2.31. The fourth-order valence-corrected chi connectivity index (χ4v) is 4.02. The van der Waals surface area contributed by atoms with E-state index in [0.717, 1.165) is 5.56 Å². The summed E-state index contributed by atoms with van der Waals surface area (Å²) in [6.45, 7) is 4.27. The van der Waals surface area contributed by atoms with Crippen LogP contribution in [0.25, 0.3) is 0 Å². The Morgan fingerprint density at radius 2 is 2.13 bits per heavy atom. The number of hydrogen-bond acceptors (Lipinski definition) is 5. The van der Waals surface area contributed by atoms with Crippen molar-refractivity contribution in [2.24, 2.45) is 5.92 Å². The fraction of sp³-hybridized carbons (Fsp3) is 0.273. The Morgan fingerprint density at radius 3 is 2.84 bits per heavy atom. The Morgan fingerprint density at radius 1 is 1.32 bits per heavy atom. The number of hydrogen-bond donors (Lipinski definition) is 2. The van der Waals surface area contributed by atoms with Crippen molar-refractivity contribution < 1.29 is 14.3 Å². The molecule has 0 unspecified atom stereocenters. The summed E-state index contributed by atoms with van der Waals surface area (Å²) in [5.41, 5.74) is 1.60. The van der Waals surface area contributed by atoms with E-state index in [4.69, 9.17) is 23.2 Å². The molecule has 9 heteroatoms.